The third-order valence-electron chi connectivity index (χ3n) is 5.49. The highest BCUT2D eigenvalue weighted by Crippen LogP contribution is 2.30. The highest BCUT2D eigenvalue weighted by Gasteiger charge is 2.32. The molecular weight excluding hydrogens is 338 g/mol. The van der Waals surface area contributed by atoms with Crippen LogP contribution in [0, 0.1) is 17.6 Å². The Labute approximate surface area is 152 Å². The van der Waals surface area contributed by atoms with Gasteiger partial charge in [-0.05, 0) is 55.4 Å². The summed E-state index contributed by atoms with van der Waals surface area (Å²) in [5.74, 6) is -1.03. The van der Waals surface area contributed by atoms with Crippen LogP contribution in [0.15, 0.2) is 30.9 Å². The highest BCUT2D eigenvalue weighted by molar-refractivity contribution is 5.87. The predicted molar refractivity (Wildman–Crippen MR) is 94.4 cm³/mol. The van der Waals surface area contributed by atoms with Crippen molar-refractivity contribution in [3.8, 4) is 0 Å². The van der Waals surface area contributed by atoms with Gasteiger partial charge in [-0.2, -0.15) is 0 Å². The van der Waals surface area contributed by atoms with Gasteiger partial charge in [-0.1, -0.05) is 6.58 Å². The number of halogens is 2. The summed E-state index contributed by atoms with van der Waals surface area (Å²) in [6.07, 6.45) is 4.08. The summed E-state index contributed by atoms with van der Waals surface area (Å²) in [6, 6.07) is 3.65. The minimum Gasteiger partial charge on any atom is -0.342 e. The van der Waals surface area contributed by atoms with Gasteiger partial charge < -0.3 is 9.80 Å². The van der Waals surface area contributed by atoms with Gasteiger partial charge in [-0.15, -0.1) is 0 Å². The molecule has 1 aromatic carbocycles. The van der Waals surface area contributed by atoms with Gasteiger partial charge in [0.05, 0.1) is 0 Å². The van der Waals surface area contributed by atoms with Crippen molar-refractivity contribution < 1.29 is 18.4 Å². The lowest BCUT2D eigenvalue weighted by molar-refractivity contribution is -0.140. The maximum Gasteiger partial charge on any atom is 0.245 e. The normalized spacial score (nSPS) is 19.5. The fourth-order valence-corrected chi connectivity index (χ4v) is 3.98. The Bertz CT molecular complexity index is 671. The summed E-state index contributed by atoms with van der Waals surface area (Å²) in [5.41, 5.74) is 0.672. The Balaban J connectivity index is 1.52. The van der Waals surface area contributed by atoms with Crippen LogP contribution in [0.1, 0.15) is 37.2 Å². The van der Waals surface area contributed by atoms with Crippen molar-refractivity contribution in [3.63, 3.8) is 0 Å². The first-order valence-corrected chi connectivity index (χ1v) is 9.14. The third kappa shape index (κ3) is 4.11. The van der Waals surface area contributed by atoms with Crippen molar-refractivity contribution in [1.82, 2.24) is 9.80 Å². The Morgan fingerprint density at radius 2 is 1.46 bits per heavy atom. The molecule has 3 rings (SSSR count). The fraction of sp³-hybridized carbons (Fsp3) is 0.500. The molecule has 0 bridgehead atoms. The van der Waals surface area contributed by atoms with Crippen molar-refractivity contribution in [2.45, 2.75) is 31.6 Å². The zero-order chi connectivity index (χ0) is 18.7. The number of amides is 2. The standard InChI is InChI=1S/C20H24F2N2O2/c1-2-19(25)23-7-5-15(6-8-23)20(26)24-9-3-14(4-10-24)16-11-17(21)13-18(22)12-16/h2,11-15H,1,3-10H2. The monoisotopic (exact) mass is 362 g/mol. The van der Waals surface area contributed by atoms with E-state index in [-0.39, 0.29) is 23.7 Å². The van der Waals surface area contributed by atoms with Gasteiger partial charge in [-0.25, -0.2) is 8.78 Å². The second-order valence-corrected chi connectivity index (χ2v) is 7.11. The maximum absolute atomic E-state index is 13.4. The number of carbonyl (C=O) groups is 2. The molecule has 26 heavy (non-hydrogen) atoms. The second-order valence-electron chi connectivity index (χ2n) is 7.11. The topological polar surface area (TPSA) is 40.6 Å². The van der Waals surface area contributed by atoms with Crippen LogP contribution in [0.2, 0.25) is 0 Å². The average Bonchev–Trinajstić information content (AvgIpc) is 2.66. The summed E-state index contributed by atoms with van der Waals surface area (Å²) < 4.78 is 26.8. The first kappa shape index (κ1) is 18.5. The molecule has 4 nitrogen and oxygen atoms in total. The molecule has 0 unspecified atom stereocenters. The number of hydrogen-bond acceptors (Lipinski definition) is 2. The minimum absolute atomic E-state index is 0.0490. The predicted octanol–water partition coefficient (Wildman–Crippen LogP) is 3.10. The molecule has 0 saturated carbocycles. The number of nitrogens with zero attached hydrogens (tertiary/aromatic N) is 2. The summed E-state index contributed by atoms with van der Waals surface area (Å²) >= 11 is 0. The van der Waals surface area contributed by atoms with E-state index in [0.29, 0.717) is 57.4 Å². The molecule has 6 heteroatoms. The first-order chi connectivity index (χ1) is 12.5. The maximum atomic E-state index is 13.4. The van der Waals surface area contributed by atoms with E-state index in [1.165, 1.54) is 18.2 Å². The van der Waals surface area contributed by atoms with E-state index in [0.717, 1.165) is 6.07 Å². The zero-order valence-electron chi connectivity index (χ0n) is 14.8. The fourth-order valence-electron chi connectivity index (χ4n) is 3.98. The molecule has 2 amide bonds. The summed E-state index contributed by atoms with van der Waals surface area (Å²) in [6.45, 7) is 5.87. The van der Waals surface area contributed by atoms with Crippen LogP contribution in [-0.2, 0) is 9.59 Å². The largest absolute Gasteiger partial charge is 0.342 e. The molecule has 0 aromatic heterocycles. The van der Waals surface area contributed by atoms with Gasteiger partial charge >= 0.3 is 0 Å². The molecule has 140 valence electrons. The summed E-state index contributed by atoms with van der Waals surface area (Å²) in [4.78, 5) is 27.9. The van der Waals surface area contributed by atoms with Gasteiger partial charge in [0.25, 0.3) is 0 Å². The average molecular weight is 362 g/mol. The Hall–Kier alpha value is -2.24. The van der Waals surface area contributed by atoms with Crippen LogP contribution in [-0.4, -0.2) is 47.8 Å². The van der Waals surface area contributed by atoms with Crippen LogP contribution in [0.25, 0.3) is 0 Å². The van der Waals surface area contributed by atoms with Crippen LogP contribution in [0.5, 0.6) is 0 Å². The second kappa shape index (κ2) is 7.98. The molecule has 2 fully saturated rings. The number of piperidine rings is 2. The molecule has 0 N–H and O–H groups in total. The molecule has 2 aliphatic heterocycles. The number of likely N-dealkylation sites (tertiary alicyclic amines) is 2. The molecule has 1 aromatic rings. The number of hydrogen-bond donors (Lipinski definition) is 0. The first-order valence-electron chi connectivity index (χ1n) is 9.14. The minimum atomic E-state index is -0.556. The van der Waals surface area contributed by atoms with E-state index in [1.54, 1.807) is 4.90 Å². The van der Waals surface area contributed by atoms with E-state index in [2.05, 4.69) is 6.58 Å². The number of benzene rings is 1. The van der Waals surface area contributed by atoms with E-state index in [1.807, 2.05) is 4.90 Å². The van der Waals surface area contributed by atoms with E-state index < -0.39 is 11.6 Å². The van der Waals surface area contributed by atoms with Crippen molar-refractivity contribution in [3.05, 3.63) is 48.1 Å². The number of carbonyl (C=O) groups excluding carboxylic acids is 2. The Morgan fingerprint density at radius 1 is 0.923 bits per heavy atom. The molecule has 0 atom stereocenters. The lowest BCUT2D eigenvalue weighted by Crippen LogP contribution is -2.46. The van der Waals surface area contributed by atoms with Crippen LogP contribution >= 0.6 is 0 Å². The van der Waals surface area contributed by atoms with E-state index in [9.17, 15) is 18.4 Å². The van der Waals surface area contributed by atoms with Gasteiger partial charge in [0.1, 0.15) is 11.6 Å². The summed E-state index contributed by atoms with van der Waals surface area (Å²) in [7, 11) is 0. The van der Waals surface area contributed by atoms with Gasteiger partial charge in [0.15, 0.2) is 0 Å². The van der Waals surface area contributed by atoms with Crippen molar-refractivity contribution in [2.24, 2.45) is 5.92 Å². The molecule has 0 aliphatic carbocycles. The van der Waals surface area contributed by atoms with Crippen LogP contribution in [0.3, 0.4) is 0 Å². The quantitative estimate of drug-likeness (QED) is 0.776. The van der Waals surface area contributed by atoms with Gasteiger partial charge in [0, 0.05) is 38.2 Å². The molecule has 2 heterocycles. The van der Waals surface area contributed by atoms with E-state index >= 15 is 0 Å². The smallest absolute Gasteiger partial charge is 0.245 e. The van der Waals surface area contributed by atoms with Gasteiger partial charge in [-0.3, -0.25) is 9.59 Å². The Kier molecular flexibility index (Phi) is 5.69. The summed E-state index contributed by atoms with van der Waals surface area (Å²) in [5, 5.41) is 0. The van der Waals surface area contributed by atoms with Gasteiger partial charge in [0.2, 0.25) is 11.8 Å². The van der Waals surface area contributed by atoms with Crippen molar-refractivity contribution in [2.75, 3.05) is 26.2 Å². The highest BCUT2D eigenvalue weighted by atomic mass is 19.1. The van der Waals surface area contributed by atoms with Crippen LogP contribution < -0.4 is 0 Å². The lowest BCUT2D eigenvalue weighted by Gasteiger charge is -2.37. The third-order valence-corrected chi connectivity index (χ3v) is 5.49. The Morgan fingerprint density at radius 3 is 2.00 bits per heavy atom. The van der Waals surface area contributed by atoms with E-state index in [4.69, 9.17) is 0 Å². The van der Waals surface area contributed by atoms with Crippen LogP contribution in [0.4, 0.5) is 8.78 Å². The zero-order valence-corrected chi connectivity index (χ0v) is 14.8. The number of rotatable bonds is 3. The van der Waals surface area contributed by atoms with Crippen molar-refractivity contribution >= 4 is 11.8 Å². The molecule has 2 aliphatic rings. The van der Waals surface area contributed by atoms with Crippen molar-refractivity contribution in [1.29, 1.82) is 0 Å². The molecular formula is C20H24F2N2O2. The molecule has 0 spiro atoms. The molecule has 0 radical (unpaired) electrons. The molecule has 2 saturated heterocycles. The SMILES string of the molecule is C=CC(=O)N1CCC(C(=O)N2CCC(c3cc(F)cc(F)c3)CC2)CC1. The lowest BCUT2D eigenvalue weighted by atomic mass is 9.88.